The van der Waals surface area contributed by atoms with Gasteiger partial charge in [-0.1, -0.05) is 26.0 Å². The van der Waals surface area contributed by atoms with Crippen LogP contribution in [0.5, 0.6) is 5.75 Å². The van der Waals surface area contributed by atoms with Gasteiger partial charge >= 0.3 is 0 Å². The number of aromatic nitrogens is 3. The lowest BCUT2D eigenvalue weighted by Gasteiger charge is -2.09. The fraction of sp³-hybridized carbons (Fsp3) is 0.500. The summed E-state index contributed by atoms with van der Waals surface area (Å²) in [4.78, 5) is 4.67. The molecular formula is C16H23N3O3S. The van der Waals surface area contributed by atoms with Gasteiger partial charge in [0, 0.05) is 19.4 Å². The first-order chi connectivity index (χ1) is 11.0. The number of aryl methyl sites for hydroxylation is 3. The fourth-order valence-electron chi connectivity index (χ4n) is 2.41. The molecule has 6 nitrogen and oxygen atoms in total. The number of para-hydroxylation sites is 1. The second kappa shape index (κ2) is 7.59. The van der Waals surface area contributed by atoms with Crippen LogP contribution in [0.3, 0.4) is 0 Å². The third-order valence-corrected chi connectivity index (χ3v) is 5.45. The third kappa shape index (κ3) is 4.10. The topological polar surface area (TPSA) is 74.1 Å². The third-order valence-electron chi connectivity index (χ3n) is 3.61. The maximum absolute atomic E-state index is 12.5. The molecule has 1 aromatic heterocycles. The van der Waals surface area contributed by atoms with E-state index in [-0.39, 0.29) is 10.6 Å². The molecule has 2 aromatic rings. The van der Waals surface area contributed by atoms with E-state index in [1.54, 1.807) is 24.3 Å². The van der Waals surface area contributed by atoms with Crippen molar-refractivity contribution in [1.82, 2.24) is 14.8 Å². The van der Waals surface area contributed by atoms with Crippen molar-refractivity contribution < 1.29 is 13.2 Å². The highest BCUT2D eigenvalue weighted by atomic mass is 32.2. The quantitative estimate of drug-likeness (QED) is 0.739. The second-order valence-corrected chi connectivity index (χ2v) is 7.28. The molecule has 0 spiro atoms. The van der Waals surface area contributed by atoms with Gasteiger partial charge in [-0.3, -0.25) is 0 Å². The molecule has 7 heteroatoms. The van der Waals surface area contributed by atoms with Crippen LogP contribution in [0.15, 0.2) is 29.2 Å². The Morgan fingerprint density at radius 3 is 2.57 bits per heavy atom. The molecule has 0 radical (unpaired) electrons. The first-order valence-electron chi connectivity index (χ1n) is 7.80. The minimum absolute atomic E-state index is 0.0534. The van der Waals surface area contributed by atoms with E-state index in [1.807, 2.05) is 18.5 Å². The van der Waals surface area contributed by atoms with Gasteiger partial charge in [-0.05, 0) is 18.6 Å². The molecule has 0 unspecified atom stereocenters. The first kappa shape index (κ1) is 17.5. The summed E-state index contributed by atoms with van der Waals surface area (Å²) in [6, 6.07) is 6.70. The van der Waals surface area contributed by atoms with Crippen LogP contribution in [0, 0.1) is 0 Å². The summed E-state index contributed by atoms with van der Waals surface area (Å²) in [6.07, 6.45) is 2.05. The normalized spacial score (nSPS) is 11.6. The molecule has 1 heterocycles. The summed E-state index contributed by atoms with van der Waals surface area (Å²) in [6.45, 7) is 4.57. The first-order valence-corrected chi connectivity index (χ1v) is 9.45. The zero-order chi connectivity index (χ0) is 16.9. The Bertz CT molecular complexity index is 754. The van der Waals surface area contributed by atoms with Crippen molar-refractivity contribution in [3.63, 3.8) is 0 Å². The van der Waals surface area contributed by atoms with Gasteiger partial charge in [0.2, 0.25) is 0 Å². The maximum atomic E-state index is 12.5. The minimum Gasteiger partial charge on any atom is -0.495 e. The van der Waals surface area contributed by atoms with Crippen molar-refractivity contribution in [3.8, 4) is 5.75 Å². The van der Waals surface area contributed by atoms with Crippen molar-refractivity contribution in [2.24, 2.45) is 0 Å². The van der Waals surface area contributed by atoms with Crippen molar-refractivity contribution in [2.45, 2.75) is 44.6 Å². The van der Waals surface area contributed by atoms with Gasteiger partial charge in [0.25, 0.3) is 0 Å². The Kier molecular flexibility index (Phi) is 5.76. The number of benzene rings is 1. The summed E-state index contributed by atoms with van der Waals surface area (Å²) in [5, 5.41) is 4.41. The lowest BCUT2D eigenvalue weighted by atomic mass is 10.3. The van der Waals surface area contributed by atoms with Gasteiger partial charge in [0.05, 0.1) is 12.9 Å². The highest BCUT2D eigenvalue weighted by Gasteiger charge is 2.19. The van der Waals surface area contributed by atoms with E-state index < -0.39 is 9.84 Å². The van der Waals surface area contributed by atoms with Gasteiger partial charge in [0.15, 0.2) is 15.7 Å². The molecule has 23 heavy (non-hydrogen) atoms. The summed E-state index contributed by atoms with van der Waals surface area (Å²) in [5.41, 5.74) is 0. The number of ether oxygens (including phenoxy) is 1. The molecule has 0 fully saturated rings. The van der Waals surface area contributed by atoms with Gasteiger partial charge < -0.3 is 4.74 Å². The molecule has 126 valence electrons. The highest BCUT2D eigenvalue weighted by Crippen LogP contribution is 2.24. The van der Waals surface area contributed by atoms with Gasteiger partial charge in [-0.15, -0.1) is 0 Å². The van der Waals surface area contributed by atoms with Crippen LogP contribution in [0.25, 0.3) is 0 Å². The lowest BCUT2D eigenvalue weighted by Crippen LogP contribution is -2.13. The average molecular weight is 337 g/mol. The molecule has 0 saturated heterocycles. The summed E-state index contributed by atoms with van der Waals surface area (Å²) in [5.74, 6) is 2.14. The predicted molar refractivity (Wildman–Crippen MR) is 88.4 cm³/mol. The molecule has 1 aromatic carbocycles. The van der Waals surface area contributed by atoms with E-state index in [1.165, 1.54) is 7.11 Å². The fourth-order valence-corrected chi connectivity index (χ4v) is 3.88. The highest BCUT2D eigenvalue weighted by molar-refractivity contribution is 7.91. The molecule has 0 amide bonds. The molecule has 0 aliphatic heterocycles. The predicted octanol–water partition coefficient (Wildman–Crippen LogP) is 2.28. The van der Waals surface area contributed by atoms with Crippen molar-refractivity contribution in [1.29, 1.82) is 0 Å². The van der Waals surface area contributed by atoms with Crippen molar-refractivity contribution >= 4 is 9.84 Å². The Labute approximate surface area is 137 Å². The van der Waals surface area contributed by atoms with Crippen LogP contribution >= 0.6 is 0 Å². The van der Waals surface area contributed by atoms with E-state index in [0.29, 0.717) is 18.7 Å². The maximum Gasteiger partial charge on any atom is 0.182 e. The molecule has 0 N–H and O–H groups in total. The van der Waals surface area contributed by atoms with Crippen LogP contribution in [0.4, 0.5) is 0 Å². The summed E-state index contributed by atoms with van der Waals surface area (Å²) in [7, 11) is -1.90. The number of hydrogen-bond acceptors (Lipinski definition) is 5. The number of sulfone groups is 1. The summed E-state index contributed by atoms with van der Waals surface area (Å²) >= 11 is 0. The Morgan fingerprint density at radius 2 is 1.91 bits per heavy atom. The molecule has 2 rings (SSSR count). The minimum atomic E-state index is -3.38. The van der Waals surface area contributed by atoms with E-state index in [4.69, 9.17) is 4.74 Å². The zero-order valence-electron chi connectivity index (χ0n) is 13.8. The van der Waals surface area contributed by atoms with E-state index in [9.17, 15) is 8.42 Å². The summed E-state index contributed by atoms with van der Waals surface area (Å²) < 4.78 is 31.9. The van der Waals surface area contributed by atoms with Crippen molar-refractivity contribution in [2.75, 3.05) is 12.9 Å². The van der Waals surface area contributed by atoms with Crippen molar-refractivity contribution in [3.05, 3.63) is 35.9 Å². The van der Waals surface area contributed by atoms with Crippen LogP contribution in [-0.2, 0) is 29.2 Å². The Morgan fingerprint density at radius 1 is 1.17 bits per heavy atom. The molecule has 0 aliphatic rings. The van der Waals surface area contributed by atoms with Crippen LogP contribution in [0.1, 0.15) is 31.9 Å². The zero-order valence-corrected chi connectivity index (χ0v) is 14.6. The molecule has 0 atom stereocenters. The van der Waals surface area contributed by atoms with Gasteiger partial charge in [0.1, 0.15) is 16.5 Å². The van der Waals surface area contributed by atoms with E-state index in [0.717, 1.165) is 24.5 Å². The smallest absolute Gasteiger partial charge is 0.182 e. The molecule has 0 aliphatic carbocycles. The number of hydrogen-bond donors (Lipinski definition) is 0. The van der Waals surface area contributed by atoms with Crippen LogP contribution < -0.4 is 4.74 Å². The standard InChI is InChI=1S/C16H23N3O3S/c1-4-15-17-16(5-2)19(18-15)11-8-12-23(20,21)14-10-7-6-9-13(14)22-3/h6-7,9-10H,4-5,8,11-12H2,1-3H3. The Hall–Kier alpha value is -1.89. The van der Waals surface area contributed by atoms with Crippen LogP contribution in [0.2, 0.25) is 0 Å². The molecule has 0 bridgehead atoms. The number of rotatable bonds is 8. The van der Waals surface area contributed by atoms with E-state index in [2.05, 4.69) is 10.1 Å². The number of nitrogens with zero attached hydrogens (tertiary/aromatic N) is 3. The largest absolute Gasteiger partial charge is 0.495 e. The van der Waals surface area contributed by atoms with Gasteiger partial charge in [-0.25, -0.2) is 18.1 Å². The van der Waals surface area contributed by atoms with E-state index >= 15 is 0 Å². The lowest BCUT2D eigenvalue weighted by molar-refractivity contribution is 0.402. The SMILES string of the molecule is CCc1nc(CC)n(CCCS(=O)(=O)c2ccccc2OC)n1. The van der Waals surface area contributed by atoms with Crippen LogP contribution in [-0.4, -0.2) is 36.0 Å². The monoisotopic (exact) mass is 337 g/mol. The van der Waals surface area contributed by atoms with Gasteiger partial charge in [-0.2, -0.15) is 5.10 Å². The second-order valence-electron chi connectivity index (χ2n) is 5.20. The molecule has 0 saturated carbocycles. The molecular weight excluding hydrogens is 314 g/mol. The average Bonchev–Trinajstić information content (AvgIpc) is 2.97. The Balaban J connectivity index is 2.07. The number of methoxy groups -OCH3 is 1.